The van der Waals surface area contributed by atoms with Gasteiger partial charge in [-0.2, -0.15) is 0 Å². The van der Waals surface area contributed by atoms with Crippen molar-refractivity contribution in [3.63, 3.8) is 0 Å². The number of para-hydroxylation sites is 2. The highest BCUT2D eigenvalue weighted by atomic mass is 16.5. The van der Waals surface area contributed by atoms with E-state index < -0.39 is 0 Å². The topological polar surface area (TPSA) is 39.9 Å². The highest BCUT2D eigenvalue weighted by Gasteiger charge is 2.14. The number of pyridine rings is 2. The van der Waals surface area contributed by atoms with Crippen LogP contribution in [0, 0.1) is 6.92 Å². The third-order valence-corrected chi connectivity index (χ3v) is 6.74. The van der Waals surface area contributed by atoms with Gasteiger partial charge in [0.2, 0.25) is 0 Å². The summed E-state index contributed by atoms with van der Waals surface area (Å²) in [6.45, 7) is 2.09. The lowest BCUT2D eigenvalue weighted by molar-refractivity contribution is 0.483. The molecule has 0 saturated carbocycles. The first-order valence-electron chi connectivity index (χ1n) is 12.3. The number of hydrogen-bond donors (Lipinski definition) is 0. The quantitative estimate of drug-likeness (QED) is 0.255. The van der Waals surface area contributed by atoms with Crippen LogP contribution in [-0.2, 0) is 0 Å². The normalized spacial score (nSPS) is 11.4. The molecule has 0 saturated heterocycles. The maximum Gasteiger partial charge on any atom is 0.137 e. The molecule has 3 aromatic heterocycles. The number of aromatic nitrogens is 3. The number of rotatable bonds is 4. The smallest absolute Gasteiger partial charge is 0.137 e. The zero-order valence-electron chi connectivity index (χ0n) is 20.3. The SMILES string of the molecule is Cc1ccnc(-n2c3ccccc3c3ccc(Oc4cccc(-c5ccc6ccccc6n5)c4)cc32)c1. The molecule has 0 spiro atoms. The molecular weight excluding hydrogens is 454 g/mol. The number of fused-ring (bicyclic) bond motifs is 4. The second-order valence-electron chi connectivity index (χ2n) is 9.24. The molecule has 7 aromatic rings. The monoisotopic (exact) mass is 477 g/mol. The minimum Gasteiger partial charge on any atom is -0.457 e. The molecule has 4 aromatic carbocycles. The van der Waals surface area contributed by atoms with Gasteiger partial charge in [-0.05, 0) is 67.1 Å². The Morgan fingerprint density at radius 2 is 1.49 bits per heavy atom. The van der Waals surface area contributed by atoms with Crippen molar-refractivity contribution in [2.75, 3.05) is 0 Å². The van der Waals surface area contributed by atoms with Crippen LogP contribution in [0.5, 0.6) is 11.5 Å². The van der Waals surface area contributed by atoms with Gasteiger partial charge >= 0.3 is 0 Å². The molecule has 176 valence electrons. The van der Waals surface area contributed by atoms with E-state index in [1.807, 2.05) is 54.7 Å². The van der Waals surface area contributed by atoms with Crippen LogP contribution in [0.3, 0.4) is 0 Å². The zero-order valence-corrected chi connectivity index (χ0v) is 20.3. The summed E-state index contributed by atoms with van der Waals surface area (Å²) in [6.07, 6.45) is 1.86. The van der Waals surface area contributed by atoms with Gasteiger partial charge in [0.15, 0.2) is 0 Å². The van der Waals surface area contributed by atoms with Crippen molar-refractivity contribution in [1.29, 1.82) is 0 Å². The molecule has 37 heavy (non-hydrogen) atoms. The van der Waals surface area contributed by atoms with Crippen LogP contribution in [0.1, 0.15) is 5.56 Å². The van der Waals surface area contributed by atoms with E-state index in [4.69, 9.17) is 9.72 Å². The second kappa shape index (κ2) is 8.61. The molecule has 4 heteroatoms. The summed E-state index contributed by atoms with van der Waals surface area (Å²) in [5, 5.41) is 3.49. The molecule has 0 N–H and O–H groups in total. The molecule has 0 atom stereocenters. The maximum atomic E-state index is 6.39. The Hall–Kier alpha value is -4.96. The zero-order chi connectivity index (χ0) is 24.8. The summed E-state index contributed by atoms with van der Waals surface area (Å²) in [6, 6.07) is 39.2. The van der Waals surface area contributed by atoms with E-state index in [1.165, 1.54) is 16.3 Å². The molecule has 7 rings (SSSR count). The molecule has 0 aliphatic carbocycles. The van der Waals surface area contributed by atoms with Crippen molar-refractivity contribution in [3.8, 4) is 28.6 Å². The molecule has 0 unspecified atom stereocenters. The van der Waals surface area contributed by atoms with E-state index in [0.29, 0.717) is 0 Å². The molecule has 0 aliphatic rings. The number of benzene rings is 4. The van der Waals surface area contributed by atoms with Gasteiger partial charge in [0.05, 0.1) is 22.2 Å². The lowest BCUT2D eigenvalue weighted by Crippen LogP contribution is -1.97. The van der Waals surface area contributed by atoms with E-state index in [9.17, 15) is 0 Å². The van der Waals surface area contributed by atoms with Crippen LogP contribution < -0.4 is 4.74 Å². The van der Waals surface area contributed by atoms with E-state index in [-0.39, 0.29) is 0 Å². The van der Waals surface area contributed by atoms with Crippen LogP contribution in [0.15, 0.2) is 121 Å². The minimum atomic E-state index is 0.767. The van der Waals surface area contributed by atoms with Gasteiger partial charge < -0.3 is 4.74 Å². The van der Waals surface area contributed by atoms with Gasteiger partial charge in [-0.25, -0.2) is 9.97 Å². The van der Waals surface area contributed by atoms with Gasteiger partial charge in [0, 0.05) is 34.0 Å². The summed E-state index contributed by atoms with van der Waals surface area (Å²) in [4.78, 5) is 9.52. The third-order valence-electron chi connectivity index (χ3n) is 6.74. The number of ether oxygens (including phenoxy) is 1. The number of nitrogens with zero attached hydrogens (tertiary/aromatic N) is 3. The van der Waals surface area contributed by atoms with Crippen molar-refractivity contribution in [2.24, 2.45) is 0 Å². The molecule has 0 radical (unpaired) electrons. The first-order chi connectivity index (χ1) is 18.2. The van der Waals surface area contributed by atoms with E-state index in [0.717, 1.165) is 50.5 Å². The summed E-state index contributed by atoms with van der Waals surface area (Å²) in [7, 11) is 0. The summed E-state index contributed by atoms with van der Waals surface area (Å²) in [5.41, 5.74) is 6.27. The third kappa shape index (κ3) is 3.80. The van der Waals surface area contributed by atoms with Gasteiger partial charge in [-0.15, -0.1) is 0 Å². The first-order valence-corrected chi connectivity index (χ1v) is 12.3. The second-order valence-corrected chi connectivity index (χ2v) is 9.24. The Kier molecular flexibility index (Phi) is 4.96. The predicted molar refractivity (Wildman–Crippen MR) is 151 cm³/mol. The summed E-state index contributed by atoms with van der Waals surface area (Å²) in [5.74, 6) is 2.43. The molecule has 0 amide bonds. The first kappa shape index (κ1) is 21.3. The lowest BCUT2D eigenvalue weighted by atomic mass is 10.1. The van der Waals surface area contributed by atoms with Crippen LogP contribution in [0.2, 0.25) is 0 Å². The molecule has 3 heterocycles. The average molecular weight is 478 g/mol. The van der Waals surface area contributed by atoms with Gasteiger partial charge in [-0.3, -0.25) is 4.57 Å². The Balaban J connectivity index is 1.30. The molecule has 4 nitrogen and oxygen atoms in total. The molecule has 0 bridgehead atoms. The lowest BCUT2D eigenvalue weighted by Gasteiger charge is -2.10. The Bertz CT molecular complexity index is 1940. The average Bonchev–Trinajstić information content (AvgIpc) is 3.26. The fourth-order valence-corrected chi connectivity index (χ4v) is 4.98. The van der Waals surface area contributed by atoms with Crippen molar-refractivity contribution < 1.29 is 4.74 Å². The predicted octanol–water partition coefficient (Wildman–Crippen LogP) is 8.49. The van der Waals surface area contributed by atoms with Crippen molar-refractivity contribution in [2.45, 2.75) is 6.92 Å². The molecule has 0 fully saturated rings. The van der Waals surface area contributed by atoms with Crippen LogP contribution >= 0.6 is 0 Å². The van der Waals surface area contributed by atoms with E-state index in [2.05, 4.69) is 83.2 Å². The maximum absolute atomic E-state index is 6.39. The van der Waals surface area contributed by atoms with Gasteiger partial charge in [0.25, 0.3) is 0 Å². The largest absolute Gasteiger partial charge is 0.457 e. The van der Waals surface area contributed by atoms with Crippen LogP contribution in [0.4, 0.5) is 0 Å². The molecular formula is C33H23N3O. The van der Waals surface area contributed by atoms with E-state index >= 15 is 0 Å². The number of hydrogen-bond acceptors (Lipinski definition) is 3. The molecule has 0 aliphatic heterocycles. The van der Waals surface area contributed by atoms with Crippen molar-refractivity contribution in [1.82, 2.24) is 14.5 Å². The fourth-order valence-electron chi connectivity index (χ4n) is 4.98. The fraction of sp³-hybridized carbons (Fsp3) is 0.0303. The highest BCUT2D eigenvalue weighted by molar-refractivity contribution is 6.09. The Morgan fingerprint density at radius 3 is 2.43 bits per heavy atom. The highest BCUT2D eigenvalue weighted by Crippen LogP contribution is 2.35. The minimum absolute atomic E-state index is 0.767. The van der Waals surface area contributed by atoms with E-state index in [1.54, 1.807) is 0 Å². The summed E-state index contributed by atoms with van der Waals surface area (Å²) >= 11 is 0. The van der Waals surface area contributed by atoms with Gasteiger partial charge in [0.1, 0.15) is 17.3 Å². The number of aryl methyl sites for hydroxylation is 1. The van der Waals surface area contributed by atoms with Crippen molar-refractivity contribution in [3.05, 3.63) is 127 Å². The van der Waals surface area contributed by atoms with Crippen LogP contribution in [-0.4, -0.2) is 14.5 Å². The van der Waals surface area contributed by atoms with Crippen LogP contribution in [0.25, 0.3) is 49.8 Å². The summed E-state index contributed by atoms with van der Waals surface area (Å²) < 4.78 is 8.59. The Morgan fingerprint density at radius 1 is 0.649 bits per heavy atom. The standard InChI is InChI=1S/C33H23N3O/c1-22-17-18-34-33(19-22)36-31-12-5-3-10-27(31)28-15-14-26(21-32(28)36)37-25-9-6-8-24(20-25)30-16-13-23-7-2-4-11-29(23)35-30/h2-21H,1H3. The van der Waals surface area contributed by atoms with Crippen molar-refractivity contribution >= 4 is 32.7 Å². The Labute approximate surface area is 214 Å². The van der Waals surface area contributed by atoms with Gasteiger partial charge in [-0.1, -0.05) is 54.6 Å².